The van der Waals surface area contributed by atoms with Gasteiger partial charge in [0.15, 0.2) is 0 Å². The number of hydrogen-bond donors (Lipinski definition) is 0. The summed E-state index contributed by atoms with van der Waals surface area (Å²) in [6.45, 7) is 10.2. The molecule has 0 aliphatic carbocycles. The minimum atomic E-state index is -0.218. The smallest absolute Gasteiger partial charge is 0.227 e. The first-order chi connectivity index (χ1) is 7.45. The summed E-state index contributed by atoms with van der Waals surface area (Å²) >= 11 is 0. The molecule has 2 heteroatoms. The maximum Gasteiger partial charge on any atom is 0.227 e. The lowest BCUT2D eigenvalue weighted by Crippen LogP contribution is -2.40. The number of likely N-dealkylation sites (tertiary alicyclic amines) is 1. The summed E-state index contributed by atoms with van der Waals surface area (Å²) in [5.41, 5.74) is -0.218. The van der Waals surface area contributed by atoms with Crippen LogP contribution in [-0.2, 0) is 4.79 Å². The lowest BCUT2D eigenvalue weighted by Gasteiger charge is -2.28. The minimum Gasteiger partial charge on any atom is -0.342 e. The third-order valence-corrected chi connectivity index (χ3v) is 3.47. The molecule has 1 rings (SSSR count). The first-order valence-corrected chi connectivity index (χ1v) is 6.74. The second kappa shape index (κ2) is 5.70. The third kappa shape index (κ3) is 3.80. The van der Waals surface area contributed by atoms with Crippen molar-refractivity contribution in [3.8, 4) is 0 Å². The predicted octanol–water partition coefficient (Wildman–Crippen LogP) is 3.46. The van der Waals surface area contributed by atoms with E-state index in [1.54, 1.807) is 0 Å². The summed E-state index contributed by atoms with van der Waals surface area (Å²) in [4.78, 5) is 14.2. The Hall–Kier alpha value is -0.530. The van der Waals surface area contributed by atoms with Crippen LogP contribution in [0.15, 0.2) is 0 Å². The number of amides is 1. The summed E-state index contributed by atoms with van der Waals surface area (Å²) < 4.78 is 0. The molecule has 0 aromatic carbocycles. The average molecular weight is 225 g/mol. The van der Waals surface area contributed by atoms with E-state index in [-0.39, 0.29) is 5.41 Å². The molecule has 0 bridgehead atoms. The number of rotatable bonds is 2. The van der Waals surface area contributed by atoms with Gasteiger partial charge in [-0.2, -0.15) is 0 Å². The van der Waals surface area contributed by atoms with Crippen molar-refractivity contribution < 1.29 is 4.79 Å². The van der Waals surface area contributed by atoms with Gasteiger partial charge in [-0.1, -0.05) is 40.5 Å². The molecule has 1 aliphatic heterocycles. The van der Waals surface area contributed by atoms with Gasteiger partial charge in [-0.25, -0.2) is 0 Å². The van der Waals surface area contributed by atoms with Gasteiger partial charge in [0.2, 0.25) is 5.91 Å². The topological polar surface area (TPSA) is 20.3 Å². The van der Waals surface area contributed by atoms with Crippen LogP contribution in [0.5, 0.6) is 0 Å². The molecule has 1 unspecified atom stereocenters. The summed E-state index contributed by atoms with van der Waals surface area (Å²) in [7, 11) is 0. The number of hydrogen-bond acceptors (Lipinski definition) is 1. The van der Waals surface area contributed by atoms with Gasteiger partial charge >= 0.3 is 0 Å². The molecule has 0 saturated carbocycles. The van der Waals surface area contributed by atoms with Crippen LogP contribution in [0.25, 0.3) is 0 Å². The van der Waals surface area contributed by atoms with Gasteiger partial charge in [0.05, 0.1) is 0 Å². The van der Waals surface area contributed by atoms with Gasteiger partial charge in [0.1, 0.15) is 0 Å². The fourth-order valence-corrected chi connectivity index (χ4v) is 2.54. The molecule has 1 saturated heterocycles. The number of carbonyl (C=O) groups excluding carboxylic acids is 1. The molecule has 1 aliphatic rings. The monoisotopic (exact) mass is 225 g/mol. The Morgan fingerprint density at radius 1 is 1.25 bits per heavy atom. The van der Waals surface area contributed by atoms with Crippen LogP contribution in [-0.4, -0.2) is 23.9 Å². The van der Waals surface area contributed by atoms with Crippen molar-refractivity contribution >= 4 is 5.91 Å². The van der Waals surface area contributed by atoms with Crippen molar-refractivity contribution in [1.29, 1.82) is 0 Å². The van der Waals surface area contributed by atoms with Gasteiger partial charge in [-0.05, 0) is 25.2 Å². The molecule has 1 heterocycles. The van der Waals surface area contributed by atoms with Crippen LogP contribution in [0.4, 0.5) is 0 Å². The maximum atomic E-state index is 12.2. The molecule has 1 atom stereocenters. The van der Waals surface area contributed by atoms with Gasteiger partial charge in [-0.15, -0.1) is 0 Å². The maximum absolute atomic E-state index is 12.2. The van der Waals surface area contributed by atoms with E-state index in [0.717, 1.165) is 19.0 Å². The number of carbonyl (C=O) groups is 1. The molecule has 94 valence electrons. The fraction of sp³-hybridized carbons (Fsp3) is 0.929. The van der Waals surface area contributed by atoms with Gasteiger partial charge in [0.25, 0.3) is 0 Å². The lowest BCUT2D eigenvalue weighted by molar-refractivity contribution is -0.139. The second-order valence-electron chi connectivity index (χ2n) is 6.13. The molecule has 1 amide bonds. The molecule has 0 aromatic rings. The van der Waals surface area contributed by atoms with E-state index >= 15 is 0 Å². The Morgan fingerprint density at radius 3 is 2.50 bits per heavy atom. The zero-order valence-corrected chi connectivity index (χ0v) is 11.4. The van der Waals surface area contributed by atoms with Gasteiger partial charge < -0.3 is 4.90 Å². The summed E-state index contributed by atoms with van der Waals surface area (Å²) in [5.74, 6) is 1.17. The van der Waals surface area contributed by atoms with Crippen LogP contribution in [0.3, 0.4) is 0 Å². The molecule has 0 aromatic heterocycles. The third-order valence-electron chi connectivity index (χ3n) is 3.47. The first kappa shape index (κ1) is 13.5. The van der Waals surface area contributed by atoms with Gasteiger partial charge in [-0.3, -0.25) is 4.79 Å². The van der Waals surface area contributed by atoms with E-state index in [4.69, 9.17) is 0 Å². The fourth-order valence-electron chi connectivity index (χ4n) is 2.54. The Kier molecular flexibility index (Phi) is 4.82. The summed E-state index contributed by atoms with van der Waals surface area (Å²) in [6, 6.07) is 0. The minimum absolute atomic E-state index is 0.218. The second-order valence-corrected chi connectivity index (χ2v) is 6.13. The van der Waals surface area contributed by atoms with Crippen molar-refractivity contribution in [3.63, 3.8) is 0 Å². The Bertz CT molecular complexity index is 229. The molecule has 0 N–H and O–H groups in total. The van der Waals surface area contributed by atoms with Crippen LogP contribution in [0.1, 0.15) is 59.8 Å². The molecule has 2 nitrogen and oxygen atoms in total. The van der Waals surface area contributed by atoms with Crippen molar-refractivity contribution in [3.05, 3.63) is 0 Å². The molecule has 16 heavy (non-hydrogen) atoms. The van der Waals surface area contributed by atoms with Crippen molar-refractivity contribution in [1.82, 2.24) is 4.90 Å². The predicted molar refractivity (Wildman–Crippen MR) is 68.3 cm³/mol. The van der Waals surface area contributed by atoms with Crippen molar-refractivity contribution in [2.24, 2.45) is 11.3 Å². The number of nitrogens with zero attached hydrogens (tertiary/aromatic N) is 1. The SMILES string of the molecule is CCCC1CCCN(C(=O)C(C)(C)C)CC1. The molecule has 1 fully saturated rings. The highest BCUT2D eigenvalue weighted by Gasteiger charge is 2.28. The van der Waals surface area contributed by atoms with E-state index in [2.05, 4.69) is 11.8 Å². The van der Waals surface area contributed by atoms with Crippen LogP contribution in [0, 0.1) is 11.3 Å². The quantitative estimate of drug-likeness (QED) is 0.704. The highest BCUT2D eigenvalue weighted by molar-refractivity contribution is 5.81. The van der Waals surface area contributed by atoms with Crippen LogP contribution in [0.2, 0.25) is 0 Å². The highest BCUT2D eigenvalue weighted by Crippen LogP contribution is 2.25. The summed E-state index contributed by atoms with van der Waals surface area (Å²) in [6.07, 6.45) is 6.30. The molecule has 0 radical (unpaired) electrons. The van der Waals surface area contributed by atoms with Gasteiger partial charge in [0, 0.05) is 18.5 Å². The largest absolute Gasteiger partial charge is 0.342 e. The molecular formula is C14H27NO. The zero-order chi connectivity index (χ0) is 12.2. The van der Waals surface area contributed by atoms with E-state index in [1.807, 2.05) is 20.8 Å². The highest BCUT2D eigenvalue weighted by atomic mass is 16.2. The normalized spacial score (nSPS) is 23.0. The average Bonchev–Trinajstić information content (AvgIpc) is 2.41. The molecule has 0 spiro atoms. The van der Waals surface area contributed by atoms with E-state index < -0.39 is 0 Å². The standard InChI is InChI=1S/C14H27NO/c1-5-7-12-8-6-10-15(11-9-12)13(16)14(2,3)4/h12H,5-11H2,1-4H3. The first-order valence-electron chi connectivity index (χ1n) is 6.74. The van der Waals surface area contributed by atoms with Crippen molar-refractivity contribution in [2.45, 2.75) is 59.8 Å². The Labute approximate surface area is 100 Å². The Morgan fingerprint density at radius 2 is 1.94 bits per heavy atom. The molecular weight excluding hydrogens is 198 g/mol. The summed E-state index contributed by atoms with van der Waals surface area (Å²) in [5, 5.41) is 0. The van der Waals surface area contributed by atoms with Crippen LogP contribution >= 0.6 is 0 Å². The van der Waals surface area contributed by atoms with E-state index in [1.165, 1.54) is 32.1 Å². The van der Waals surface area contributed by atoms with Crippen molar-refractivity contribution in [2.75, 3.05) is 13.1 Å². The van der Waals surface area contributed by atoms with E-state index in [9.17, 15) is 4.79 Å². The van der Waals surface area contributed by atoms with Crippen LogP contribution < -0.4 is 0 Å². The lowest BCUT2D eigenvalue weighted by atomic mass is 9.94. The zero-order valence-electron chi connectivity index (χ0n) is 11.4. The van der Waals surface area contributed by atoms with E-state index in [0.29, 0.717) is 5.91 Å². The Balaban J connectivity index is 2.50.